The van der Waals surface area contributed by atoms with Crippen LogP contribution >= 0.6 is 0 Å². The van der Waals surface area contributed by atoms with Gasteiger partial charge in [0.15, 0.2) is 0 Å². The Morgan fingerprint density at radius 2 is 2.14 bits per heavy atom. The van der Waals surface area contributed by atoms with E-state index in [1.165, 1.54) is 6.42 Å². The van der Waals surface area contributed by atoms with Crippen molar-refractivity contribution >= 4 is 5.91 Å². The van der Waals surface area contributed by atoms with Gasteiger partial charge in [-0.3, -0.25) is 4.79 Å². The van der Waals surface area contributed by atoms with Gasteiger partial charge in [0, 0.05) is 12.1 Å². The summed E-state index contributed by atoms with van der Waals surface area (Å²) in [6.45, 7) is 7.70. The van der Waals surface area contributed by atoms with Crippen molar-refractivity contribution in [1.29, 1.82) is 0 Å². The molecule has 0 aromatic carbocycles. The SMILES string of the molecule is CCNCC(=O)N1C(C)CCC1CC. The Morgan fingerprint density at radius 3 is 2.71 bits per heavy atom. The fourth-order valence-corrected chi connectivity index (χ4v) is 2.25. The minimum absolute atomic E-state index is 0.267. The summed E-state index contributed by atoms with van der Waals surface area (Å²) in [4.78, 5) is 13.9. The number of hydrogen-bond acceptors (Lipinski definition) is 2. The van der Waals surface area contributed by atoms with E-state index >= 15 is 0 Å². The van der Waals surface area contributed by atoms with Gasteiger partial charge in [-0.2, -0.15) is 0 Å². The molecule has 1 saturated heterocycles. The molecule has 0 saturated carbocycles. The first-order valence-corrected chi connectivity index (χ1v) is 5.72. The normalized spacial score (nSPS) is 26.9. The van der Waals surface area contributed by atoms with Crippen molar-refractivity contribution < 1.29 is 4.79 Å². The standard InChI is InChI=1S/C11H22N2O/c1-4-10-7-6-9(3)13(10)11(14)8-12-5-2/h9-10,12H,4-8H2,1-3H3. The molecule has 2 atom stereocenters. The van der Waals surface area contributed by atoms with Crippen LogP contribution in [0.1, 0.15) is 40.0 Å². The highest BCUT2D eigenvalue weighted by Gasteiger charge is 2.32. The van der Waals surface area contributed by atoms with Crippen LogP contribution in [0.4, 0.5) is 0 Å². The van der Waals surface area contributed by atoms with E-state index in [9.17, 15) is 4.79 Å². The van der Waals surface area contributed by atoms with Gasteiger partial charge in [-0.15, -0.1) is 0 Å². The van der Waals surface area contributed by atoms with E-state index < -0.39 is 0 Å². The van der Waals surface area contributed by atoms with E-state index in [0.717, 1.165) is 19.4 Å². The zero-order valence-corrected chi connectivity index (χ0v) is 9.55. The lowest BCUT2D eigenvalue weighted by atomic mass is 10.1. The van der Waals surface area contributed by atoms with E-state index in [-0.39, 0.29) is 5.91 Å². The molecule has 0 bridgehead atoms. The first-order chi connectivity index (χ1) is 6.70. The Balaban J connectivity index is 2.50. The van der Waals surface area contributed by atoms with E-state index in [4.69, 9.17) is 0 Å². The molecule has 14 heavy (non-hydrogen) atoms. The van der Waals surface area contributed by atoms with E-state index in [0.29, 0.717) is 18.6 Å². The number of amides is 1. The van der Waals surface area contributed by atoms with Crippen molar-refractivity contribution in [2.45, 2.75) is 52.1 Å². The molecule has 1 N–H and O–H groups in total. The van der Waals surface area contributed by atoms with Crippen LogP contribution in [-0.4, -0.2) is 36.0 Å². The summed E-state index contributed by atoms with van der Waals surface area (Å²) in [5.74, 6) is 0.267. The third-order valence-corrected chi connectivity index (χ3v) is 3.07. The summed E-state index contributed by atoms with van der Waals surface area (Å²) in [5, 5.41) is 3.10. The number of carbonyl (C=O) groups excluding carboxylic acids is 1. The molecule has 0 radical (unpaired) electrons. The summed E-state index contributed by atoms with van der Waals surface area (Å²) in [7, 11) is 0. The van der Waals surface area contributed by atoms with Gasteiger partial charge in [0.25, 0.3) is 0 Å². The van der Waals surface area contributed by atoms with Crippen LogP contribution < -0.4 is 5.32 Å². The monoisotopic (exact) mass is 198 g/mol. The third-order valence-electron chi connectivity index (χ3n) is 3.07. The number of hydrogen-bond donors (Lipinski definition) is 1. The zero-order valence-electron chi connectivity index (χ0n) is 9.55. The second-order valence-corrected chi connectivity index (χ2v) is 4.07. The number of rotatable bonds is 4. The second-order valence-electron chi connectivity index (χ2n) is 4.07. The van der Waals surface area contributed by atoms with Crippen LogP contribution in [0.5, 0.6) is 0 Å². The van der Waals surface area contributed by atoms with Gasteiger partial charge in [0.05, 0.1) is 6.54 Å². The number of nitrogens with zero attached hydrogens (tertiary/aromatic N) is 1. The van der Waals surface area contributed by atoms with Gasteiger partial charge in [-0.05, 0) is 32.7 Å². The summed E-state index contributed by atoms with van der Waals surface area (Å²) in [6, 6.07) is 0.919. The van der Waals surface area contributed by atoms with Crippen LogP contribution in [-0.2, 0) is 4.79 Å². The molecule has 1 heterocycles. The number of carbonyl (C=O) groups is 1. The molecule has 1 aliphatic rings. The lowest BCUT2D eigenvalue weighted by Gasteiger charge is -2.28. The van der Waals surface area contributed by atoms with E-state index in [1.807, 2.05) is 6.92 Å². The van der Waals surface area contributed by atoms with Gasteiger partial charge in [-0.25, -0.2) is 0 Å². The molecule has 1 aliphatic heterocycles. The molecule has 0 spiro atoms. The van der Waals surface area contributed by atoms with E-state index in [2.05, 4.69) is 24.1 Å². The number of nitrogens with one attached hydrogen (secondary N) is 1. The van der Waals surface area contributed by atoms with Crippen LogP contribution in [0, 0.1) is 0 Å². The summed E-state index contributed by atoms with van der Waals surface area (Å²) >= 11 is 0. The Bertz CT molecular complexity index is 194. The zero-order chi connectivity index (χ0) is 10.6. The topological polar surface area (TPSA) is 32.3 Å². The van der Waals surface area contributed by atoms with Gasteiger partial charge in [0.1, 0.15) is 0 Å². The Hall–Kier alpha value is -0.570. The predicted molar refractivity (Wildman–Crippen MR) is 58.2 cm³/mol. The van der Waals surface area contributed by atoms with Crippen molar-refractivity contribution in [3.05, 3.63) is 0 Å². The average molecular weight is 198 g/mol. The lowest BCUT2D eigenvalue weighted by Crippen LogP contribution is -2.44. The first kappa shape index (κ1) is 11.5. The van der Waals surface area contributed by atoms with Crippen molar-refractivity contribution in [3.8, 4) is 0 Å². The first-order valence-electron chi connectivity index (χ1n) is 5.72. The fraction of sp³-hybridized carbons (Fsp3) is 0.909. The minimum atomic E-state index is 0.267. The summed E-state index contributed by atoms with van der Waals surface area (Å²) < 4.78 is 0. The molecule has 82 valence electrons. The quantitative estimate of drug-likeness (QED) is 0.740. The molecule has 1 fully saturated rings. The van der Waals surface area contributed by atoms with Gasteiger partial charge in [0.2, 0.25) is 5.91 Å². The molecule has 3 nitrogen and oxygen atoms in total. The van der Waals surface area contributed by atoms with Gasteiger partial charge in [-0.1, -0.05) is 13.8 Å². The summed E-state index contributed by atoms with van der Waals surface area (Å²) in [5.41, 5.74) is 0. The smallest absolute Gasteiger partial charge is 0.237 e. The maximum absolute atomic E-state index is 11.8. The maximum atomic E-state index is 11.8. The van der Waals surface area contributed by atoms with Crippen LogP contribution in [0.15, 0.2) is 0 Å². The molecule has 2 unspecified atom stereocenters. The maximum Gasteiger partial charge on any atom is 0.237 e. The highest BCUT2D eigenvalue weighted by atomic mass is 16.2. The summed E-state index contributed by atoms with van der Waals surface area (Å²) in [6.07, 6.45) is 3.42. The van der Waals surface area contributed by atoms with Crippen LogP contribution in [0.25, 0.3) is 0 Å². The molecule has 1 amide bonds. The molecule has 0 aliphatic carbocycles. The molecule has 1 rings (SSSR count). The molecule has 0 aromatic rings. The van der Waals surface area contributed by atoms with Crippen molar-refractivity contribution in [1.82, 2.24) is 10.2 Å². The third kappa shape index (κ3) is 2.47. The largest absolute Gasteiger partial charge is 0.336 e. The van der Waals surface area contributed by atoms with Crippen molar-refractivity contribution in [3.63, 3.8) is 0 Å². The predicted octanol–water partition coefficient (Wildman–Crippen LogP) is 1.39. The molecule has 3 heteroatoms. The van der Waals surface area contributed by atoms with Crippen molar-refractivity contribution in [2.75, 3.05) is 13.1 Å². The molecule has 0 aromatic heterocycles. The highest BCUT2D eigenvalue weighted by Crippen LogP contribution is 2.25. The average Bonchev–Trinajstić information content (AvgIpc) is 2.56. The van der Waals surface area contributed by atoms with Crippen LogP contribution in [0.2, 0.25) is 0 Å². The lowest BCUT2D eigenvalue weighted by molar-refractivity contribution is -0.132. The highest BCUT2D eigenvalue weighted by molar-refractivity contribution is 5.79. The van der Waals surface area contributed by atoms with Gasteiger partial charge < -0.3 is 10.2 Å². The number of likely N-dealkylation sites (tertiary alicyclic amines) is 1. The molecular formula is C11H22N2O. The Morgan fingerprint density at radius 1 is 1.43 bits per heavy atom. The fourth-order valence-electron chi connectivity index (χ4n) is 2.25. The van der Waals surface area contributed by atoms with Crippen LogP contribution in [0.3, 0.4) is 0 Å². The van der Waals surface area contributed by atoms with Gasteiger partial charge >= 0.3 is 0 Å². The Labute approximate surface area is 86.9 Å². The minimum Gasteiger partial charge on any atom is -0.336 e. The van der Waals surface area contributed by atoms with Crippen molar-refractivity contribution in [2.24, 2.45) is 0 Å². The molecular weight excluding hydrogens is 176 g/mol. The number of likely N-dealkylation sites (N-methyl/N-ethyl adjacent to an activating group) is 1. The Kier molecular flexibility index (Phi) is 4.39. The second kappa shape index (κ2) is 5.35. The van der Waals surface area contributed by atoms with E-state index in [1.54, 1.807) is 0 Å².